The molecule has 2 unspecified atom stereocenters. The number of phosphoric acid groups is 1. The molecule has 74 heavy (non-hydrogen) atoms. The SMILES string of the molecule is CC/C=C\C/C=C\C/C=C\C/C=C\CCCCCCCCC(=O)OC(COC(=O)CCCCCCCCCCCCCCCCCCCCCCCCCCCCCCCCC)COP(=O)([O-])OCC[N+](C)(C)C. The van der Waals surface area contributed by atoms with Crippen LogP contribution >= 0.6 is 7.82 Å². The molecule has 434 valence electrons. The molecular weight excluding hydrogens is 942 g/mol. The summed E-state index contributed by atoms with van der Waals surface area (Å²) in [6, 6.07) is 0. The molecule has 0 aliphatic heterocycles. The lowest BCUT2D eigenvalue weighted by Gasteiger charge is -2.28. The molecule has 9 nitrogen and oxygen atoms in total. The number of rotatable bonds is 58. The van der Waals surface area contributed by atoms with E-state index in [1.54, 1.807) is 0 Å². The molecule has 0 aromatic rings. The first-order chi connectivity index (χ1) is 36.0. The number of carbonyl (C=O) groups is 2. The Balaban J connectivity index is 4.03. The predicted molar refractivity (Wildman–Crippen MR) is 314 cm³/mol. The minimum Gasteiger partial charge on any atom is -0.756 e. The van der Waals surface area contributed by atoms with Gasteiger partial charge in [-0.05, 0) is 51.4 Å². The summed E-state index contributed by atoms with van der Waals surface area (Å²) in [6.07, 6.45) is 70.4. The van der Waals surface area contributed by atoms with E-state index < -0.39 is 26.5 Å². The molecule has 0 rings (SSSR count). The number of hydrogen-bond acceptors (Lipinski definition) is 8. The molecular formula is C64H120NO8P. The van der Waals surface area contributed by atoms with Crippen molar-refractivity contribution in [3.63, 3.8) is 0 Å². The number of nitrogens with zero attached hydrogens (tertiary/aromatic N) is 1. The quantitative estimate of drug-likeness (QED) is 0.0195. The maximum absolute atomic E-state index is 12.8. The number of esters is 2. The van der Waals surface area contributed by atoms with Gasteiger partial charge in [-0.2, -0.15) is 0 Å². The van der Waals surface area contributed by atoms with Crippen LogP contribution in [0.2, 0.25) is 0 Å². The fourth-order valence-electron chi connectivity index (χ4n) is 9.06. The maximum Gasteiger partial charge on any atom is 0.306 e. The van der Waals surface area contributed by atoms with Gasteiger partial charge in [-0.25, -0.2) is 0 Å². The van der Waals surface area contributed by atoms with E-state index in [9.17, 15) is 19.0 Å². The average molecular weight is 1060 g/mol. The second-order valence-electron chi connectivity index (χ2n) is 22.4. The summed E-state index contributed by atoms with van der Waals surface area (Å²) in [5, 5.41) is 0. The highest BCUT2D eigenvalue weighted by Crippen LogP contribution is 2.38. The predicted octanol–water partition coefficient (Wildman–Crippen LogP) is 19.1. The number of ether oxygens (including phenoxy) is 2. The van der Waals surface area contributed by atoms with E-state index in [0.29, 0.717) is 17.4 Å². The number of allylic oxidation sites excluding steroid dienone is 8. The van der Waals surface area contributed by atoms with Crippen LogP contribution in [0.1, 0.15) is 296 Å². The van der Waals surface area contributed by atoms with Gasteiger partial charge in [0.25, 0.3) is 7.82 Å². The van der Waals surface area contributed by atoms with Gasteiger partial charge >= 0.3 is 11.9 Å². The Labute approximate surface area is 458 Å². The van der Waals surface area contributed by atoms with E-state index in [-0.39, 0.29) is 32.0 Å². The minimum absolute atomic E-state index is 0.0339. The summed E-state index contributed by atoms with van der Waals surface area (Å²) in [5.41, 5.74) is 0. The summed E-state index contributed by atoms with van der Waals surface area (Å²) in [7, 11) is 1.16. The molecule has 0 aromatic heterocycles. The lowest BCUT2D eigenvalue weighted by molar-refractivity contribution is -0.870. The monoisotopic (exact) mass is 1060 g/mol. The van der Waals surface area contributed by atoms with E-state index in [2.05, 4.69) is 62.5 Å². The molecule has 0 aliphatic carbocycles. The van der Waals surface area contributed by atoms with Crippen LogP contribution in [0, 0.1) is 0 Å². The molecule has 0 spiro atoms. The fraction of sp³-hybridized carbons (Fsp3) is 0.844. The number of carbonyl (C=O) groups excluding carboxylic acids is 2. The Hall–Kier alpha value is -2.03. The number of quaternary nitrogens is 1. The van der Waals surface area contributed by atoms with Gasteiger partial charge in [-0.1, -0.05) is 281 Å². The summed E-state index contributed by atoms with van der Waals surface area (Å²) in [4.78, 5) is 37.9. The van der Waals surface area contributed by atoms with Gasteiger partial charge in [0.1, 0.15) is 19.8 Å². The topological polar surface area (TPSA) is 111 Å². The molecule has 0 bridgehead atoms. The number of hydrogen-bond donors (Lipinski definition) is 0. The van der Waals surface area contributed by atoms with Crippen molar-refractivity contribution in [3.05, 3.63) is 48.6 Å². The van der Waals surface area contributed by atoms with Gasteiger partial charge in [0.15, 0.2) is 6.10 Å². The van der Waals surface area contributed by atoms with Crippen molar-refractivity contribution < 1.29 is 42.1 Å². The molecule has 0 amide bonds. The van der Waals surface area contributed by atoms with Crippen molar-refractivity contribution in [2.24, 2.45) is 0 Å². The molecule has 0 aliphatic rings. The Bertz CT molecular complexity index is 1390. The Morgan fingerprint density at radius 1 is 0.432 bits per heavy atom. The van der Waals surface area contributed by atoms with Crippen molar-refractivity contribution in [2.45, 2.75) is 302 Å². The third kappa shape index (κ3) is 59.2. The van der Waals surface area contributed by atoms with Crippen molar-refractivity contribution in [2.75, 3.05) is 47.5 Å². The first-order valence-electron chi connectivity index (χ1n) is 31.3. The Kier molecular flexibility index (Phi) is 54.2. The molecule has 2 atom stereocenters. The lowest BCUT2D eigenvalue weighted by atomic mass is 10.0. The standard InChI is InChI=1S/C64H120NO8P/c1-6-8-10-12-14-16-18-20-22-24-26-27-28-29-30-31-32-33-34-35-36-37-39-40-42-44-46-48-50-52-54-56-63(66)70-60-62(61-72-74(68,69)71-59-58-65(3,4)5)73-64(67)57-55-53-51-49-47-45-43-41-38-25-23-21-19-17-15-13-11-9-7-2/h9,11,15,17,21,23,38,41,62H,6-8,10,12-14,16,18-20,22,24-37,39-40,42-61H2,1-5H3/b11-9-,17-15-,23-21-,41-38-. The van der Waals surface area contributed by atoms with Crippen LogP contribution in [0.3, 0.4) is 0 Å². The van der Waals surface area contributed by atoms with E-state index in [1.165, 1.54) is 180 Å². The van der Waals surface area contributed by atoms with Gasteiger partial charge in [-0.15, -0.1) is 0 Å². The van der Waals surface area contributed by atoms with Crippen LogP contribution < -0.4 is 4.89 Å². The minimum atomic E-state index is -4.64. The summed E-state index contributed by atoms with van der Waals surface area (Å²) in [5.74, 6) is -0.838. The molecule has 0 saturated heterocycles. The van der Waals surface area contributed by atoms with Crippen LogP contribution in [-0.4, -0.2) is 70.0 Å². The number of likely N-dealkylation sites (N-methyl/N-ethyl adjacent to an activating group) is 1. The smallest absolute Gasteiger partial charge is 0.306 e. The normalized spacial score (nSPS) is 13.5. The van der Waals surface area contributed by atoms with Crippen molar-refractivity contribution in [1.29, 1.82) is 0 Å². The molecule has 10 heteroatoms. The Morgan fingerprint density at radius 3 is 1.15 bits per heavy atom. The number of unbranched alkanes of at least 4 members (excludes halogenated alkanes) is 36. The van der Waals surface area contributed by atoms with Crippen LogP contribution in [0.4, 0.5) is 0 Å². The first-order valence-corrected chi connectivity index (χ1v) is 32.8. The summed E-state index contributed by atoms with van der Waals surface area (Å²) >= 11 is 0. The second kappa shape index (κ2) is 55.7. The third-order valence-corrected chi connectivity index (χ3v) is 14.8. The van der Waals surface area contributed by atoms with Crippen LogP contribution in [-0.2, 0) is 32.7 Å². The van der Waals surface area contributed by atoms with Crippen molar-refractivity contribution in [1.82, 2.24) is 0 Å². The van der Waals surface area contributed by atoms with Gasteiger partial charge in [0, 0.05) is 12.8 Å². The molecule has 0 N–H and O–H groups in total. The van der Waals surface area contributed by atoms with E-state index in [4.69, 9.17) is 18.5 Å². The van der Waals surface area contributed by atoms with Crippen molar-refractivity contribution in [3.8, 4) is 0 Å². The first kappa shape index (κ1) is 72.0. The van der Waals surface area contributed by atoms with E-state index in [1.807, 2.05) is 21.1 Å². The maximum atomic E-state index is 12.8. The molecule has 0 aromatic carbocycles. The third-order valence-electron chi connectivity index (χ3n) is 13.9. The van der Waals surface area contributed by atoms with Gasteiger partial charge in [0.05, 0.1) is 27.7 Å². The lowest BCUT2D eigenvalue weighted by Crippen LogP contribution is -2.37. The molecule has 0 fully saturated rings. The zero-order chi connectivity index (χ0) is 54.2. The highest BCUT2D eigenvalue weighted by Gasteiger charge is 2.22. The fourth-order valence-corrected chi connectivity index (χ4v) is 9.79. The zero-order valence-electron chi connectivity index (χ0n) is 49.3. The zero-order valence-corrected chi connectivity index (χ0v) is 50.2. The molecule has 0 heterocycles. The average Bonchev–Trinajstić information content (AvgIpc) is 3.36. The van der Waals surface area contributed by atoms with Gasteiger partial charge in [0.2, 0.25) is 0 Å². The Morgan fingerprint density at radius 2 is 0.770 bits per heavy atom. The van der Waals surface area contributed by atoms with Crippen molar-refractivity contribution >= 4 is 19.8 Å². The van der Waals surface area contributed by atoms with Gasteiger partial charge < -0.3 is 27.9 Å². The van der Waals surface area contributed by atoms with Crippen LogP contribution in [0.5, 0.6) is 0 Å². The highest BCUT2D eigenvalue weighted by molar-refractivity contribution is 7.45. The van der Waals surface area contributed by atoms with Gasteiger partial charge in [-0.3, -0.25) is 14.2 Å². The number of phosphoric ester groups is 1. The summed E-state index contributed by atoms with van der Waals surface area (Å²) < 4.78 is 34.2. The second-order valence-corrected chi connectivity index (χ2v) is 23.8. The highest BCUT2D eigenvalue weighted by atomic mass is 31.2. The largest absolute Gasteiger partial charge is 0.756 e. The summed E-state index contributed by atoms with van der Waals surface area (Å²) in [6.45, 7) is 4.15. The molecule has 0 radical (unpaired) electrons. The van der Waals surface area contributed by atoms with Crippen LogP contribution in [0.25, 0.3) is 0 Å². The van der Waals surface area contributed by atoms with E-state index >= 15 is 0 Å². The van der Waals surface area contributed by atoms with E-state index in [0.717, 1.165) is 83.5 Å². The van der Waals surface area contributed by atoms with Crippen LogP contribution in [0.15, 0.2) is 48.6 Å². The molecule has 0 saturated carbocycles.